The molecular weight excluding hydrogens is 308 g/mol. The second kappa shape index (κ2) is 6.93. The summed E-state index contributed by atoms with van der Waals surface area (Å²) in [5.41, 5.74) is 1.14. The highest BCUT2D eigenvalue weighted by Gasteiger charge is 2.43. The quantitative estimate of drug-likeness (QED) is 0.773. The molecule has 0 bridgehead atoms. The van der Waals surface area contributed by atoms with Crippen LogP contribution in [0.2, 0.25) is 0 Å². The number of carbonyl (C=O) groups is 2. The number of methoxy groups -OCH3 is 1. The van der Waals surface area contributed by atoms with Gasteiger partial charge in [-0.3, -0.25) is 14.3 Å². The van der Waals surface area contributed by atoms with Gasteiger partial charge in [-0.05, 0) is 25.7 Å². The van der Waals surface area contributed by atoms with E-state index in [-0.39, 0.29) is 5.41 Å². The van der Waals surface area contributed by atoms with Crippen molar-refractivity contribution in [3.8, 4) is 0 Å². The number of hydrogen-bond acceptors (Lipinski definition) is 4. The number of aryl methyl sites for hydroxylation is 1. The maximum absolute atomic E-state index is 12.0. The van der Waals surface area contributed by atoms with E-state index in [1.807, 2.05) is 13.1 Å². The minimum atomic E-state index is -0.667. The number of carbonyl (C=O) groups excluding carboxylic acids is 2. The first-order chi connectivity index (χ1) is 11.5. The van der Waals surface area contributed by atoms with Crippen molar-refractivity contribution < 1.29 is 14.3 Å². The van der Waals surface area contributed by atoms with E-state index in [0.717, 1.165) is 31.4 Å². The average molecular weight is 334 g/mol. The number of rotatable bonds is 6. The Morgan fingerprint density at radius 2 is 2.04 bits per heavy atom. The van der Waals surface area contributed by atoms with Crippen LogP contribution in [0.5, 0.6) is 0 Å². The molecule has 2 N–H and O–H groups in total. The van der Waals surface area contributed by atoms with Gasteiger partial charge in [0.15, 0.2) is 5.82 Å². The van der Waals surface area contributed by atoms with Crippen molar-refractivity contribution in [2.75, 3.05) is 25.6 Å². The zero-order valence-corrected chi connectivity index (χ0v) is 14.4. The van der Waals surface area contributed by atoms with Crippen molar-refractivity contribution in [3.05, 3.63) is 11.8 Å². The van der Waals surface area contributed by atoms with Crippen molar-refractivity contribution in [2.24, 2.45) is 12.5 Å². The predicted octanol–water partition coefficient (Wildman–Crippen LogP) is 1.56. The molecule has 0 unspecified atom stereocenters. The van der Waals surface area contributed by atoms with Crippen LogP contribution in [0.25, 0.3) is 0 Å². The highest BCUT2D eigenvalue weighted by Crippen LogP contribution is 2.45. The summed E-state index contributed by atoms with van der Waals surface area (Å²) in [6.07, 6.45) is 6.85. The van der Waals surface area contributed by atoms with Crippen LogP contribution in [0, 0.1) is 5.41 Å². The van der Waals surface area contributed by atoms with Crippen LogP contribution in [0.3, 0.4) is 0 Å². The molecule has 7 heteroatoms. The lowest BCUT2D eigenvalue weighted by molar-refractivity contribution is -0.136. The van der Waals surface area contributed by atoms with Crippen molar-refractivity contribution >= 4 is 17.6 Å². The number of amides is 2. The molecule has 2 aliphatic rings. The second-order valence-electron chi connectivity index (χ2n) is 7.13. The molecule has 3 rings (SSSR count). The maximum atomic E-state index is 12.0. The first-order valence-electron chi connectivity index (χ1n) is 8.65. The molecule has 1 aromatic rings. The maximum Gasteiger partial charge on any atom is 0.314 e. The van der Waals surface area contributed by atoms with Gasteiger partial charge in [-0.2, -0.15) is 5.10 Å². The lowest BCUT2D eigenvalue weighted by Crippen LogP contribution is -2.39. The Hall–Kier alpha value is -1.89. The van der Waals surface area contributed by atoms with Gasteiger partial charge in [-0.1, -0.05) is 12.8 Å². The zero-order chi connectivity index (χ0) is 17.2. The number of ether oxygens (including phenoxy) is 1. The monoisotopic (exact) mass is 334 g/mol. The van der Waals surface area contributed by atoms with Crippen molar-refractivity contribution in [1.29, 1.82) is 0 Å². The van der Waals surface area contributed by atoms with E-state index < -0.39 is 11.8 Å². The molecule has 0 atom stereocenters. The molecule has 0 saturated heterocycles. The first-order valence-corrected chi connectivity index (χ1v) is 8.65. The molecule has 7 nitrogen and oxygen atoms in total. The van der Waals surface area contributed by atoms with E-state index in [1.54, 1.807) is 11.8 Å². The molecule has 132 valence electrons. The van der Waals surface area contributed by atoms with Crippen LogP contribution in [-0.4, -0.2) is 41.9 Å². The fourth-order valence-corrected chi connectivity index (χ4v) is 3.52. The summed E-state index contributed by atoms with van der Waals surface area (Å²) in [5, 5.41) is 9.62. The van der Waals surface area contributed by atoms with Gasteiger partial charge in [0.25, 0.3) is 0 Å². The Kier molecular flexibility index (Phi) is 4.89. The summed E-state index contributed by atoms with van der Waals surface area (Å²) in [4.78, 5) is 24.0. The smallest absolute Gasteiger partial charge is 0.314 e. The minimum absolute atomic E-state index is 0.0192. The molecule has 1 aromatic heterocycles. The van der Waals surface area contributed by atoms with Crippen LogP contribution in [0.1, 0.15) is 50.1 Å². The fraction of sp³-hybridized carbons (Fsp3) is 0.706. The number of aromatic nitrogens is 2. The van der Waals surface area contributed by atoms with E-state index >= 15 is 0 Å². The largest absolute Gasteiger partial charge is 0.384 e. The van der Waals surface area contributed by atoms with Crippen LogP contribution in [0.15, 0.2) is 6.07 Å². The minimum Gasteiger partial charge on any atom is -0.384 e. The summed E-state index contributed by atoms with van der Waals surface area (Å²) in [5.74, 6) is -0.340. The SMILES string of the molecule is COCC1(CNC(=O)C(=O)Nc2cc(C3CCCC3)n(C)n2)CC1. The number of anilines is 1. The Morgan fingerprint density at radius 1 is 1.33 bits per heavy atom. The summed E-state index contributed by atoms with van der Waals surface area (Å²) >= 11 is 0. The normalized spacial score (nSPS) is 19.2. The second-order valence-corrected chi connectivity index (χ2v) is 7.13. The number of nitrogens with one attached hydrogen (secondary N) is 2. The van der Waals surface area contributed by atoms with E-state index in [0.29, 0.717) is 24.9 Å². The zero-order valence-electron chi connectivity index (χ0n) is 14.4. The van der Waals surface area contributed by atoms with E-state index in [4.69, 9.17) is 4.74 Å². The molecule has 24 heavy (non-hydrogen) atoms. The van der Waals surface area contributed by atoms with Crippen molar-refractivity contribution in [2.45, 2.75) is 44.4 Å². The third kappa shape index (κ3) is 3.77. The topological polar surface area (TPSA) is 85.2 Å². The highest BCUT2D eigenvalue weighted by atomic mass is 16.5. The third-order valence-electron chi connectivity index (χ3n) is 5.17. The van der Waals surface area contributed by atoms with Crippen molar-refractivity contribution in [1.82, 2.24) is 15.1 Å². The molecule has 2 fully saturated rings. The summed E-state index contributed by atoms with van der Waals surface area (Å²) in [7, 11) is 3.53. The molecule has 0 spiro atoms. The summed E-state index contributed by atoms with van der Waals surface area (Å²) < 4.78 is 6.96. The summed E-state index contributed by atoms with van der Waals surface area (Å²) in [6, 6.07) is 1.88. The van der Waals surface area contributed by atoms with Gasteiger partial charge in [0.05, 0.1) is 6.61 Å². The van der Waals surface area contributed by atoms with Gasteiger partial charge >= 0.3 is 11.8 Å². The third-order valence-corrected chi connectivity index (χ3v) is 5.17. The van der Waals surface area contributed by atoms with Crippen molar-refractivity contribution in [3.63, 3.8) is 0 Å². The predicted molar refractivity (Wildman–Crippen MR) is 89.6 cm³/mol. The van der Waals surface area contributed by atoms with Gasteiger partial charge in [0.1, 0.15) is 0 Å². The average Bonchev–Trinajstić information content (AvgIpc) is 2.96. The highest BCUT2D eigenvalue weighted by molar-refractivity contribution is 6.39. The lowest BCUT2D eigenvalue weighted by Gasteiger charge is -2.14. The Morgan fingerprint density at radius 3 is 2.67 bits per heavy atom. The molecule has 2 aliphatic carbocycles. The van der Waals surface area contributed by atoms with Crippen LogP contribution < -0.4 is 10.6 Å². The van der Waals surface area contributed by atoms with Crippen LogP contribution in [0.4, 0.5) is 5.82 Å². The van der Waals surface area contributed by atoms with Gasteiger partial charge in [-0.15, -0.1) is 0 Å². The lowest BCUT2D eigenvalue weighted by atomic mass is 10.0. The first kappa shape index (κ1) is 17.0. The van der Waals surface area contributed by atoms with Crippen LogP contribution in [-0.2, 0) is 21.4 Å². The molecule has 0 radical (unpaired) electrons. The molecule has 0 aliphatic heterocycles. The molecule has 2 amide bonds. The van der Waals surface area contributed by atoms with Gasteiger partial charge in [0.2, 0.25) is 0 Å². The molecule has 1 heterocycles. The van der Waals surface area contributed by atoms with E-state index in [2.05, 4.69) is 15.7 Å². The molecular formula is C17H26N4O3. The molecule has 2 saturated carbocycles. The Bertz CT molecular complexity index is 615. The van der Waals surface area contributed by atoms with Gasteiger partial charge in [0, 0.05) is 43.8 Å². The standard InChI is InChI=1S/C17H26N4O3/c1-21-13(12-5-3-4-6-12)9-14(20-21)19-16(23)15(22)18-10-17(7-8-17)11-24-2/h9,12H,3-8,10-11H2,1-2H3,(H,18,22)(H,19,20,23). The fourth-order valence-electron chi connectivity index (χ4n) is 3.52. The van der Waals surface area contributed by atoms with E-state index in [9.17, 15) is 9.59 Å². The van der Waals surface area contributed by atoms with Crippen LogP contribution >= 0.6 is 0 Å². The number of hydrogen-bond donors (Lipinski definition) is 2. The van der Waals surface area contributed by atoms with Gasteiger partial charge < -0.3 is 15.4 Å². The van der Waals surface area contributed by atoms with Gasteiger partial charge in [-0.25, -0.2) is 0 Å². The summed E-state index contributed by atoms with van der Waals surface area (Å²) in [6.45, 7) is 1.09. The Labute approximate surface area is 142 Å². The molecule has 0 aromatic carbocycles. The number of nitrogens with zero attached hydrogens (tertiary/aromatic N) is 2. The van der Waals surface area contributed by atoms with E-state index in [1.165, 1.54) is 12.8 Å². The Balaban J connectivity index is 1.52.